The van der Waals surface area contributed by atoms with E-state index in [4.69, 9.17) is 5.11 Å². The van der Waals surface area contributed by atoms with Crippen LogP contribution in [0.2, 0.25) is 0 Å². The fourth-order valence-corrected chi connectivity index (χ4v) is 1.72. The third-order valence-corrected chi connectivity index (χ3v) is 2.60. The first-order chi connectivity index (χ1) is 7.56. The highest BCUT2D eigenvalue weighted by Crippen LogP contribution is 2.10. The molecule has 0 spiro atoms. The molecule has 1 heterocycles. The minimum Gasteiger partial charge on any atom is -0.395 e. The summed E-state index contributed by atoms with van der Waals surface area (Å²) in [4.78, 5) is 17.8. The lowest BCUT2D eigenvalue weighted by Crippen LogP contribution is -2.39. The Kier molecular flexibility index (Phi) is 4.89. The summed E-state index contributed by atoms with van der Waals surface area (Å²) in [6.45, 7) is 4.10. The molecule has 1 rings (SSSR count). The fraction of sp³-hybridized carbons (Fsp3) is 0.455. The molecule has 5 heteroatoms. The molecule has 0 aromatic carbocycles. The van der Waals surface area contributed by atoms with Crippen LogP contribution in [0.1, 0.15) is 24.3 Å². The van der Waals surface area contributed by atoms with Gasteiger partial charge in [0.1, 0.15) is 10.3 Å². The Hall–Kier alpha value is -0.940. The summed E-state index contributed by atoms with van der Waals surface area (Å²) in [5, 5.41) is 8.91. The molecule has 0 bridgehead atoms. The summed E-state index contributed by atoms with van der Waals surface area (Å²) in [6, 6.07) is 5.24. The van der Waals surface area contributed by atoms with Crippen LogP contribution >= 0.6 is 15.9 Å². The summed E-state index contributed by atoms with van der Waals surface area (Å²) in [5.41, 5.74) is 0.386. The van der Waals surface area contributed by atoms with Crippen LogP contribution in [0.5, 0.6) is 0 Å². The maximum absolute atomic E-state index is 12.1. The Morgan fingerprint density at radius 2 is 2.25 bits per heavy atom. The van der Waals surface area contributed by atoms with Crippen LogP contribution in [0, 0.1) is 0 Å². The lowest BCUT2D eigenvalue weighted by Gasteiger charge is -2.25. The van der Waals surface area contributed by atoms with Crippen molar-refractivity contribution in [1.29, 1.82) is 0 Å². The summed E-state index contributed by atoms with van der Waals surface area (Å²) < 4.78 is 0.631. The van der Waals surface area contributed by atoms with Gasteiger partial charge in [-0.2, -0.15) is 0 Å². The summed E-state index contributed by atoms with van der Waals surface area (Å²) in [6.07, 6.45) is 0. The van der Waals surface area contributed by atoms with Gasteiger partial charge in [-0.15, -0.1) is 0 Å². The van der Waals surface area contributed by atoms with E-state index < -0.39 is 0 Å². The van der Waals surface area contributed by atoms with Crippen molar-refractivity contribution in [3.63, 3.8) is 0 Å². The zero-order valence-corrected chi connectivity index (χ0v) is 10.9. The smallest absolute Gasteiger partial charge is 0.272 e. The lowest BCUT2D eigenvalue weighted by atomic mass is 10.2. The van der Waals surface area contributed by atoms with Crippen LogP contribution in [0.3, 0.4) is 0 Å². The van der Waals surface area contributed by atoms with Gasteiger partial charge >= 0.3 is 0 Å². The highest BCUT2D eigenvalue weighted by molar-refractivity contribution is 9.10. The zero-order chi connectivity index (χ0) is 12.1. The highest BCUT2D eigenvalue weighted by Gasteiger charge is 2.19. The van der Waals surface area contributed by atoms with Gasteiger partial charge in [-0.05, 0) is 41.9 Å². The molecule has 16 heavy (non-hydrogen) atoms. The van der Waals surface area contributed by atoms with Crippen molar-refractivity contribution in [2.24, 2.45) is 0 Å². The standard InChI is InChI=1S/C11H15BrN2O2/c1-8(2)14(6-7-15)11(16)9-4-3-5-10(12)13-9/h3-5,8,15H,6-7H2,1-2H3. The molecule has 0 unspecified atom stereocenters. The number of amides is 1. The molecule has 1 aromatic heterocycles. The Morgan fingerprint density at radius 1 is 1.56 bits per heavy atom. The molecule has 0 atom stereocenters. The van der Waals surface area contributed by atoms with Gasteiger partial charge in [0.25, 0.3) is 5.91 Å². The second kappa shape index (κ2) is 5.96. The largest absolute Gasteiger partial charge is 0.395 e. The number of carbonyl (C=O) groups is 1. The summed E-state index contributed by atoms with van der Waals surface area (Å²) in [7, 11) is 0. The van der Waals surface area contributed by atoms with E-state index in [9.17, 15) is 4.79 Å². The molecule has 0 aliphatic carbocycles. The first-order valence-corrected chi connectivity index (χ1v) is 5.90. The fourth-order valence-electron chi connectivity index (χ4n) is 1.38. The predicted molar refractivity (Wildman–Crippen MR) is 65.2 cm³/mol. The van der Waals surface area contributed by atoms with E-state index in [0.29, 0.717) is 16.8 Å². The first-order valence-electron chi connectivity index (χ1n) is 5.10. The number of nitrogens with zero attached hydrogens (tertiary/aromatic N) is 2. The molecular weight excluding hydrogens is 272 g/mol. The lowest BCUT2D eigenvalue weighted by molar-refractivity contribution is 0.0659. The Morgan fingerprint density at radius 3 is 2.75 bits per heavy atom. The topological polar surface area (TPSA) is 53.4 Å². The molecule has 1 amide bonds. The summed E-state index contributed by atoms with van der Waals surface area (Å²) >= 11 is 3.22. The molecule has 88 valence electrons. The number of aliphatic hydroxyl groups is 1. The van der Waals surface area contributed by atoms with Crippen molar-refractivity contribution < 1.29 is 9.90 Å². The van der Waals surface area contributed by atoms with Gasteiger partial charge in [-0.1, -0.05) is 6.07 Å². The minimum atomic E-state index is -0.162. The van der Waals surface area contributed by atoms with Crippen molar-refractivity contribution in [2.45, 2.75) is 19.9 Å². The molecule has 0 aliphatic heterocycles. The van der Waals surface area contributed by atoms with E-state index in [0.717, 1.165) is 0 Å². The van der Waals surface area contributed by atoms with Crippen LogP contribution in [0.4, 0.5) is 0 Å². The van der Waals surface area contributed by atoms with Gasteiger partial charge in [-0.3, -0.25) is 4.79 Å². The number of pyridine rings is 1. The van der Waals surface area contributed by atoms with Gasteiger partial charge in [0.05, 0.1) is 6.61 Å². The van der Waals surface area contributed by atoms with Crippen LogP contribution in [0.15, 0.2) is 22.8 Å². The second-order valence-corrected chi connectivity index (χ2v) is 4.47. The SMILES string of the molecule is CC(C)N(CCO)C(=O)c1cccc(Br)n1. The van der Waals surface area contributed by atoms with Crippen molar-refractivity contribution in [1.82, 2.24) is 9.88 Å². The van der Waals surface area contributed by atoms with Crippen LogP contribution < -0.4 is 0 Å². The van der Waals surface area contributed by atoms with E-state index in [-0.39, 0.29) is 18.6 Å². The quantitative estimate of drug-likeness (QED) is 0.857. The molecule has 0 saturated heterocycles. The number of aliphatic hydroxyl groups excluding tert-OH is 1. The molecule has 0 saturated carbocycles. The average molecular weight is 287 g/mol. The van der Waals surface area contributed by atoms with Crippen molar-refractivity contribution in [3.8, 4) is 0 Å². The molecule has 0 aliphatic rings. The third-order valence-electron chi connectivity index (χ3n) is 2.16. The minimum absolute atomic E-state index is 0.0421. The first kappa shape index (κ1) is 13.1. The second-order valence-electron chi connectivity index (χ2n) is 3.66. The average Bonchev–Trinajstić information content (AvgIpc) is 2.24. The van der Waals surface area contributed by atoms with E-state index >= 15 is 0 Å². The van der Waals surface area contributed by atoms with Gasteiger partial charge in [0.15, 0.2) is 0 Å². The molecule has 1 aromatic rings. The predicted octanol–water partition coefficient (Wildman–Crippen LogP) is 1.69. The molecule has 0 radical (unpaired) electrons. The monoisotopic (exact) mass is 286 g/mol. The van der Waals surface area contributed by atoms with Crippen molar-refractivity contribution in [3.05, 3.63) is 28.5 Å². The van der Waals surface area contributed by atoms with Gasteiger partial charge in [-0.25, -0.2) is 4.98 Å². The number of hydrogen-bond donors (Lipinski definition) is 1. The van der Waals surface area contributed by atoms with Gasteiger partial charge < -0.3 is 10.0 Å². The number of rotatable bonds is 4. The number of halogens is 1. The third kappa shape index (κ3) is 3.28. The maximum Gasteiger partial charge on any atom is 0.272 e. The molecule has 0 fully saturated rings. The number of aromatic nitrogens is 1. The zero-order valence-electron chi connectivity index (χ0n) is 9.35. The van der Waals surface area contributed by atoms with E-state index in [2.05, 4.69) is 20.9 Å². The van der Waals surface area contributed by atoms with E-state index in [1.165, 1.54) is 0 Å². The van der Waals surface area contributed by atoms with Gasteiger partial charge in [0, 0.05) is 12.6 Å². The number of hydrogen-bond acceptors (Lipinski definition) is 3. The number of carbonyl (C=O) groups excluding carboxylic acids is 1. The van der Waals surface area contributed by atoms with Crippen LogP contribution in [-0.4, -0.2) is 40.1 Å². The summed E-state index contributed by atoms with van der Waals surface area (Å²) in [5.74, 6) is -0.162. The van der Waals surface area contributed by atoms with E-state index in [1.807, 2.05) is 13.8 Å². The van der Waals surface area contributed by atoms with E-state index in [1.54, 1.807) is 23.1 Å². The highest BCUT2D eigenvalue weighted by atomic mass is 79.9. The molecule has 1 N–H and O–H groups in total. The normalized spacial score (nSPS) is 10.6. The maximum atomic E-state index is 12.1. The Bertz CT molecular complexity index is 369. The Labute approximate surface area is 103 Å². The Balaban J connectivity index is 2.90. The van der Waals surface area contributed by atoms with Gasteiger partial charge in [0.2, 0.25) is 0 Å². The van der Waals surface area contributed by atoms with Crippen LogP contribution in [-0.2, 0) is 0 Å². The van der Waals surface area contributed by atoms with Crippen molar-refractivity contribution in [2.75, 3.05) is 13.2 Å². The molecule has 4 nitrogen and oxygen atoms in total. The van der Waals surface area contributed by atoms with Crippen LogP contribution in [0.25, 0.3) is 0 Å². The van der Waals surface area contributed by atoms with Crippen molar-refractivity contribution >= 4 is 21.8 Å². The molecular formula is C11H15BrN2O2.